The Bertz CT molecular complexity index is 380. The Kier molecular flexibility index (Phi) is 2.38. The molecule has 3 rings (SSSR count). The van der Waals surface area contributed by atoms with Gasteiger partial charge in [0.05, 0.1) is 0 Å². The van der Waals surface area contributed by atoms with Crippen molar-refractivity contribution in [2.24, 2.45) is 11.8 Å². The Morgan fingerprint density at radius 2 is 2.25 bits per heavy atom. The molecule has 1 heterocycles. The van der Waals surface area contributed by atoms with E-state index in [4.69, 9.17) is 0 Å². The molecule has 2 atom stereocenters. The number of allylic oxidation sites excluding steroid dienone is 2. The average Bonchev–Trinajstić information content (AvgIpc) is 2.61. The van der Waals surface area contributed by atoms with Crippen LogP contribution in [0.4, 0.5) is 0 Å². The largest absolute Gasteiger partial charge is 0.341 e. The number of hydrogen-bond acceptors (Lipinski definition) is 1. The molecule has 0 saturated carbocycles. The molecule has 1 saturated heterocycles. The number of piperidine rings is 1. The standard InChI is InChI=1S/C14H19NO/c1-2-14(16)15-8-10-7-11(9-15)13-6-4-3-5-12(10)13/h3,5,10-11H,2,4,6-9H2,1H3. The predicted octanol–water partition coefficient (Wildman–Crippen LogP) is 2.52. The first-order valence-corrected chi connectivity index (χ1v) is 6.47. The van der Waals surface area contributed by atoms with Crippen LogP contribution in [0, 0.1) is 11.8 Å². The van der Waals surface area contributed by atoms with Gasteiger partial charge in [-0.3, -0.25) is 4.79 Å². The number of carbonyl (C=O) groups is 1. The SMILES string of the molecule is CCC(=O)N1CC2CC(C1)C1=C2C=CCC1. The topological polar surface area (TPSA) is 20.3 Å². The molecule has 3 aliphatic rings. The fourth-order valence-electron chi connectivity index (χ4n) is 3.54. The van der Waals surface area contributed by atoms with Gasteiger partial charge in [0.2, 0.25) is 5.91 Å². The minimum atomic E-state index is 0.332. The predicted molar refractivity (Wildman–Crippen MR) is 63.9 cm³/mol. The fraction of sp³-hybridized carbons (Fsp3) is 0.643. The van der Waals surface area contributed by atoms with Crippen molar-refractivity contribution < 1.29 is 4.79 Å². The minimum absolute atomic E-state index is 0.332. The third-order valence-corrected chi connectivity index (χ3v) is 4.29. The summed E-state index contributed by atoms with van der Waals surface area (Å²) in [6, 6.07) is 0. The second-order valence-electron chi connectivity index (χ2n) is 5.20. The number of rotatable bonds is 1. The van der Waals surface area contributed by atoms with Gasteiger partial charge in [-0.25, -0.2) is 0 Å². The van der Waals surface area contributed by atoms with Crippen molar-refractivity contribution in [3.05, 3.63) is 23.3 Å². The minimum Gasteiger partial charge on any atom is -0.341 e. The van der Waals surface area contributed by atoms with Crippen molar-refractivity contribution in [1.29, 1.82) is 0 Å². The van der Waals surface area contributed by atoms with E-state index < -0.39 is 0 Å². The fourth-order valence-corrected chi connectivity index (χ4v) is 3.54. The summed E-state index contributed by atoms with van der Waals surface area (Å²) in [7, 11) is 0. The molecule has 2 nitrogen and oxygen atoms in total. The first kappa shape index (κ1) is 10.1. The highest BCUT2D eigenvalue weighted by Gasteiger charge is 2.39. The summed E-state index contributed by atoms with van der Waals surface area (Å²) >= 11 is 0. The third-order valence-electron chi connectivity index (χ3n) is 4.29. The quantitative estimate of drug-likeness (QED) is 0.661. The molecule has 0 N–H and O–H groups in total. The molecule has 0 aromatic rings. The normalized spacial score (nSPS) is 31.9. The monoisotopic (exact) mass is 217 g/mol. The van der Waals surface area contributed by atoms with E-state index in [1.807, 2.05) is 6.92 Å². The summed E-state index contributed by atoms with van der Waals surface area (Å²) in [5.74, 6) is 1.65. The zero-order chi connectivity index (χ0) is 11.1. The van der Waals surface area contributed by atoms with Gasteiger partial charge in [-0.15, -0.1) is 0 Å². The lowest BCUT2D eigenvalue weighted by Gasteiger charge is -2.33. The molecule has 86 valence electrons. The Hall–Kier alpha value is -1.05. The number of likely N-dealkylation sites (tertiary alicyclic amines) is 1. The second-order valence-corrected chi connectivity index (χ2v) is 5.20. The van der Waals surface area contributed by atoms with Crippen LogP contribution < -0.4 is 0 Å². The van der Waals surface area contributed by atoms with Crippen LogP contribution in [0.5, 0.6) is 0 Å². The number of fused-ring (bicyclic) bond motifs is 4. The molecule has 2 heteroatoms. The van der Waals surface area contributed by atoms with Crippen molar-refractivity contribution in [3.8, 4) is 0 Å². The van der Waals surface area contributed by atoms with Gasteiger partial charge in [-0.1, -0.05) is 24.6 Å². The molecular weight excluding hydrogens is 198 g/mol. The molecule has 2 bridgehead atoms. The molecule has 1 aliphatic heterocycles. The summed E-state index contributed by atoms with van der Waals surface area (Å²) < 4.78 is 0. The first-order chi connectivity index (χ1) is 7.79. The highest BCUT2D eigenvalue weighted by molar-refractivity contribution is 5.76. The highest BCUT2D eigenvalue weighted by atomic mass is 16.2. The molecule has 0 radical (unpaired) electrons. The Balaban J connectivity index is 1.83. The maximum absolute atomic E-state index is 11.8. The van der Waals surface area contributed by atoms with E-state index in [1.165, 1.54) is 19.3 Å². The molecule has 0 aromatic heterocycles. The maximum Gasteiger partial charge on any atom is 0.222 e. The van der Waals surface area contributed by atoms with Crippen LogP contribution in [0.3, 0.4) is 0 Å². The van der Waals surface area contributed by atoms with Gasteiger partial charge in [-0.2, -0.15) is 0 Å². The van der Waals surface area contributed by atoms with E-state index in [0.717, 1.165) is 13.1 Å². The molecule has 0 aromatic carbocycles. The average molecular weight is 217 g/mol. The van der Waals surface area contributed by atoms with Crippen LogP contribution in [0.25, 0.3) is 0 Å². The lowest BCUT2D eigenvalue weighted by molar-refractivity contribution is -0.132. The smallest absolute Gasteiger partial charge is 0.222 e. The van der Waals surface area contributed by atoms with Crippen LogP contribution in [0.1, 0.15) is 32.6 Å². The maximum atomic E-state index is 11.8. The lowest BCUT2D eigenvalue weighted by Crippen LogP contribution is -2.41. The number of carbonyl (C=O) groups excluding carboxylic acids is 1. The first-order valence-electron chi connectivity index (χ1n) is 6.47. The number of amides is 1. The Morgan fingerprint density at radius 3 is 3.06 bits per heavy atom. The molecule has 0 spiro atoms. The van der Waals surface area contributed by atoms with Gasteiger partial charge in [0, 0.05) is 25.4 Å². The zero-order valence-corrected chi connectivity index (χ0v) is 9.91. The van der Waals surface area contributed by atoms with Gasteiger partial charge in [-0.05, 0) is 30.8 Å². The van der Waals surface area contributed by atoms with Gasteiger partial charge in [0.15, 0.2) is 0 Å². The van der Waals surface area contributed by atoms with E-state index in [2.05, 4.69) is 17.1 Å². The van der Waals surface area contributed by atoms with Crippen molar-refractivity contribution in [1.82, 2.24) is 4.90 Å². The van der Waals surface area contributed by atoms with Gasteiger partial charge >= 0.3 is 0 Å². The molecular formula is C14H19NO. The van der Waals surface area contributed by atoms with Crippen LogP contribution in [-0.2, 0) is 4.79 Å². The molecule has 1 amide bonds. The summed E-state index contributed by atoms with van der Waals surface area (Å²) in [6.45, 7) is 3.91. The Labute approximate surface area is 97.0 Å². The van der Waals surface area contributed by atoms with Crippen molar-refractivity contribution in [3.63, 3.8) is 0 Å². The van der Waals surface area contributed by atoms with Crippen LogP contribution in [0.15, 0.2) is 23.3 Å². The summed E-state index contributed by atoms with van der Waals surface area (Å²) in [5, 5.41) is 0. The second kappa shape index (κ2) is 3.76. The zero-order valence-electron chi connectivity index (χ0n) is 9.91. The Morgan fingerprint density at radius 1 is 1.44 bits per heavy atom. The van der Waals surface area contributed by atoms with Crippen molar-refractivity contribution in [2.75, 3.05) is 13.1 Å². The highest BCUT2D eigenvalue weighted by Crippen LogP contribution is 2.45. The van der Waals surface area contributed by atoms with Crippen LogP contribution in [-0.4, -0.2) is 23.9 Å². The van der Waals surface area contributed by atoms with E-state index in [9.17, 15) is 4.79 Å². The third kappa shape index (κ3) is 1.43. The van der Waals surface area contributed by atoms with E-state index in [-0.39, 0.29) is 0 Å². The number of nitrogens with zero attached hydrogens (tertiary/aromatic N) is 1. The van der Waals surface area contributed by atoms with Gasteiger partial charge < -0.3 is 4.90 Å². The van der Waals surface area contributed by atoms with Crippen molar-refractivity contribution in [2.45, 2.75) is 32.6 Å². The summed E-state index contributed by atoms with van der Waals surface area (Å²) in [4.78, 5) is 13.9. The molecule has 1 fully saturated rings. The van der Waals surface area contributed by atoms with Crippen LogP contribution in [0.2, 0.25) is 0 Å². The molecule has 2 unspecified atom stereocenters. The van der Waals surface area contributed by atoms with Gasteiger partial charge in [0.25, 0.3) is 0 Å². The lowest BCUT2D eigenvalue weighted by atomic mass is 9.92. The van der Waals surface area contributed by atoms with Crippen LogP contribution >= 0.6 is 0 Å². The van der Waals surface area contributed by atoms with Crippen molar-refractivity contribution >= 4 is 5.91 Å². The number of hydrogen-bond donors (Lipinski definition) is 0. The van der Waals surface area contributed by atoms with E-state index in [1.54, 1.807) is 11.1 Å². The van der Waals surface area contributed by atoms with E-state index in [0.29, 0.717) is 24.2 Å². The molecule has 16 heavy (non-hydrogen) atoms. The molecule has 2 aliphatic carbocycles. The van der Waals surface area contributed by atoms with E-state index >= 15 is 0 Å². The summed E-state index contributed by atoms with van der Waals surface area (Å²) in [6.07, 6.45) is 9.00. The summed E-state index contributed by atoms with van der Waals surface area (Å²) in [5.41, 5.74) is 3.24. The van der Waals surface area contributed by atoms with Gasteiger partial charge in [0.1, 0.15) is 0 Å².